The molecule has 0 aromatic heterocycles. The van der Waals surface area contributed by atoms with Crippen LogP contribution in [0, 0.1) is 11.8 Å². The van der Waals surface area contributed by atoms with Crippen molar-refractivity contribution in [3.63, 3.8) is 0 Å². The van der Waals surface area contributed by atoms with E-state index in [1.54, 1.807) is 0 Å². The van der Waals surface area contributed by atoms with Crippen LogP contribution in [0.4, 0.5) is 0 Å². The molecule has 0 atom stereocenters. The molecule has 102 valence electrons. The van der Waals surface area contributed by atoms with Crippen molar-refractivity contribution in [3.8, 4) is 0 Å². The van der Waals surface area contributed by atoms with E-state index in [2.05, 4.69) is 26.0 Å². The monoisotopic (exact) mass is 275 g/mol. The summed E-state index contributed by atoms with van der Waals surface area (Å²) in [6, 6.07) is 8.30. The highest BCUT2D eigenvalue weighted by atomic mass is 35.5. The molecule has 3 aliphatic rings. The van der Waals surface area contributed by atoms with Crippen LogP contribution >= 0.6 is 11.6 Å². The van der Waals surface area contributed by atoms with Gasteiger partial charge in [0.25, 0.3) is 0 Å². The smallest absolute Gasteiger partial charge is 0.0406 e. The maximum Gasteiger partial charge on any atom is 0.0406 e. The molecule has 1 aromatic carbocycles. The van der Waals surface area contributed by atoms with Gasteiger partial charge in [0, 0.05) is 10.6 Å². The van der Waals surface area contributed by atoms with Crippen LogP contribution in [-0.2, 0) is 0 Å². The zero-order chi connectivity index (χ0) is 13.6. The van der Waals surface area contributed by atoms with Crippen molar-refractivity contribution in [3.05, 3.63) is 40.4 Å². The lowest BCUT2D eigenvalue weighted by Gasteiger charge is -2.45. The quantitative estimate of drug-likeness (QED) is 0.835. The molecule has 1 nitrogen and oxygen atoms in total. The van der Waals surface area contributed by atoms with Gasteiger partial charge in [-0.25, -0.2) is 0 Å². The first-order valence-corrected chi connectivity index (χ1v) is 7.64. The Bertz CT molecular complexity index is 499. The highest BCUT2D eigenvalue weighted by molar-refractivity contribution is 6.30. The van der Waals surface area contributed by atoms with Crippen LogP contribution < -0.4 is 5.73 Å². The Morgan fingerprint density at radius 1 is 1.00 bits per heavy atom. The van der Waals surface area contributed by atoms with Gasteiger partial charge in [-0.3, -0.25) is 0 Å². The summed E-state index contributed by atoms with van der Waals surface area (Å²) in [5.74, 6) is 1.39. The van der Waals surface area contributed by atoms with Crippen LogP contribution in [0.1, 0.15) is 45.1 Å². The van der Waals surface area contributed by atoms with Gasteiger partial charge in [0.2, 0.25) is 0 Å². The fourth-order valence-corrected chi connectivity index (χ4v) is 4.13. The predicted molar refractivity (Wildman–Crippen MR) is 82.1 cm³/mol. The van der Waals surface area contributed by atoms with Crippen LogP contribution in [0.25, 0.3) is 5.57 Å². The third-order valence-electron chi connectivity index (χ3n) is 4.68. The number of hydrogen-bond acceptors (Lipinski definition) is 1. The lowest BCUT2D eigenvalue weighted by molar-refractivity contribution is 0.296. The van der Waals surface area contributed by atoms with E-state index in [4.69, 9.17) is 17.3 Å². The van der Waals surface area contributed by atoms with Crippen LogP contribution in [0.5, 0.6) is 0 Å². The van der Waals surface area contributed by atoms with Crippen molar-refractivity contribution >= 4 is 17.2 Å². The van der Waals surface area contributed by atoms with Gasteiger partial charge in [0.15, 0.2) is 0 Å². The van der Waals surface area contributed by atoms with Crippen LogP contribution in [0.15, 0.2) is 29.8 Å². The first-order chi connectivity index (χ1) is 8.97. The molecular weight excluding hydrogens is 254 g/mol. The summed E-state index contributed by atoms with van der Waals surface area (Å²) in [6.45, 7) is 4.30. The van der Waals surface area contributed by atoms with E-state index in [-0.39, 0.29) is 5.54 Å². The maximum absolute atomic E-state index is 6.47. The zero-order valence-corrected chi connectivity index (χ0v) is 12.5. The third kappa shape index (κ3) is 2.34. The second-order valence-corrected chi connectivity index (χ2v) is 7.04. The minimum atomic E-state index is -0.210. The Morgan fingerprint density at radius 3 is 2.05 bits per heavy atom. The second-order valence-electron chi connectivity index (χ2n) is 6.60. The molecule has 0 spiro atoms. The highest BCUT2D eigenvalue weighted by Gasteiger charge is 2.40. The van der Waals surface area contributed by atoms with Gasteiger partial charge in [-0.2, -0.15) is 0 Å². The van der Waals surface area contributed by atoms with Crippen LogP contribution in [0.3, 0.4) is 0 Å². The van der Waals surface area contributed by atoms with Gasteiger partial charge >= 0.3 is 0 Å². The first kappa shape index (κ1) is 13.2. The molecule has 4 rings (SSSR count). The lowest BCUT2D eigenvalue weighted by Crippen LogP contribution is -2.42. The van der Waals surface area contributed by atoms with Crippen molar-refractivity contribution in [2.24, 2.45) is 17.6 Å². The van der Waals surface area contributed by atoms with E-state index in [9.17, 15) is 0 Å². The molecule has 0 heterocycles. The van der Waals surface area contributed by atoms with Gasteiger partial charge in [0.1, 0.15) is 0 Å². The van der Waals surface area contributed by atoms with Crippen molar-refractivity contribution < 1.29 is 0 Å². The van der Waals surface area contributed by atoms with Gasteiger partial charge in [-0.15, -0.1) is 0 Å². The molecular formula is C17H22ClN. The Labute approximate surface area is 120 Å². The fourth-order valence-electron chi connectivity index (χ4n) is 4.00. The highest BCUT2D eigenvalue weighted by Crippen LogP contribution is 2.51. The summed E-state index contributed by atoms with van der Waals surface area (Å²) in [5, 5.41) is 0.805. The van der Waals surface area contributed by atoms with E-state index in [0.29, 0.717) is 11.8 Å². The topological polar surface area (TPSA) is 26.0 Å². The number of rotatable bonds is 2. The molecule has 2 N–H and O–H groups in total. The fraction of sp³-hybridized carbons (Fsp3) is 0.529. The van der Waals surface area contributed by atoms with Crippen molar-refractivity contribution in [2.75, 3.05) is 0 Å². The Balaban J connectivity index is 2.15. The van der Waals surface area contributed by atoms with Crippen molar-refractivity contribution in [1.82, 2.24) is 0 Å². The molecule has 0 radical (unpaired) electrons. The maximum atomic E-state index is 6.47. The number of benzene rings is 1. The predicted octanol–water partition coefficient (Wildman–Crippen LogP) is 4.65. The van der Waals surface area contributed by atoms with E-state index >= 15 is 0 Å². The largest absolute Gasteiger partial charge is 0.322 e. The van der Waals surface area contributed by atoms with Crippen LogP contribution in [0.2, 0.25) is 5.02 Å². The molecule has 0 unspecified atom stereocenters. The summed E-state index contributed by atoms with van der Waals surface area (Å²) in [5.41, 5.74) is 10.6. The van der Waals surface area contributed by atoms with Crippen molar-refractivity contribution in [1.29, 1.82) is 0 Å². The third-order valence-corrected chi connectivity index (χ3v) is 4.94. The molecule has 2 bridgehead atoms. The van der Waals surface area contributed by atoms with Gasteiger partial charge < -0.3 is 5.73 Å². The molecule has 0 amide bonds. The number of allylic oxidation sites excluding steroid dienone is 1. The average molecular weight is 276 g/mol. The molecule has 1 fully saturated rings. The molecule has 3 aliphatic carbocycles. The average Bonchev–Trinajstić information content (AvgIpc) is 2.39. The minimum Gasteiger partial charge on any atom is -0.322 e. The normalized spacial score (nSPS) is 26.9. The first-order valence-electron chi connectivity index (χ1n) is 7.26. The molecule has 1 saturated carbocycles. The number of halogens is 1. The van der Waals surface area contributed by atoms with Gasteiger partial charge in [0.05, 0.1) is 0 Å². The van der Waals surface area contributed by atoms with Crippen molar-refractivity contribution in [2.45, 2.75) is 45.1 Å². The molecule has 1 aromatic rings. The summed E-state index contributed by atoms with van der Waals surface area (Å²) in [7, 11) is 0. The SMILES string of the molecule is CC(C)(N)C1=C(c2ccc(Cl)cc2)C2CCC1CC2. The zero-order valence-electron chi connectivity index (χ0n) is 11.7. The number of fused-ring (bicyclic) bond motifs is 2. The lowest BCUT2D eigenvalue weighted by atomic mass is 9.61. The molecule has 0 aliphatic heterocycles. The summed E-state index contributed by atoms with van der Waals surface area (Å²) < 4.78 is 0. The summed E-state index contributed by atoms with van der Waals surface area (Å²) >= 11 is 6.02. The Kier molecular flexibility index (Phi) is 3.23. The van der Waals surface area contributed by atoms with Gasteiger partial charge in [-0.1, -0.05) is 23.7 Å². The Morgan fingerprint density at radius 2 is 1.53 bits per heavy atom. The molecule has 0 saturated heterocycles. The van der Waals surface area contributed by atoms with E-state index < -0.39 is 0 Å². The van der Waals surface area contributed by atoms with E-state index in [0.717, 1.165) is 5.02 Å². The summed E-state index contributed by atoms with van der Waals surface area (Å²) in [6.07, 6.45) is 5.28. The van der Waals surface area contributed by atoms with Crippen LogP contribution in [-0.4, -0.2) is 5.54 Å². The van der Waals surface area contributed by atoms with Gasteiger partial charge in [-0.05, 0) is 80.2 Å². The second kappa shape index (κ2) is 4.64. The number of hydrogen-bond donors (Lipinski definition) is 1. The van der Waals surface area contributed by atoms with E-state index in [1.165, 1.54) is 42.4 Å². The standard InChI is InChI=1S/C17H22ClN/c1-17(2,19)16-13-5-3-11(4-6-13)15(16)12-7-9-14(18)10-8-12/h7-11,13H,3-6,19H2,1-2H3. The molecule has 2 heteroatoms. The summed E-state index contributed by atoms with van der Waals surface area (Å²) in [4.78, 5) is 0. The molecule has 19 heavy (non-hydrogen) atoms. The number of nitrogens with two attached hydrogens (primary N) is 1. The minimum absolute atomic E-state index is 0.210. The van der Waals surface area contributed by atoms with E-state index in [1.807, 2.05) is 12.1 Å². The Hall–Kier alpha value is -0.790.